The molecule has 0 aliphatic heterocycles. The highest BCUT2D eigenvalue weighted by molar-refractivity contribution is 5.88. The van der Waals surface area contributed by atoms with Crippen LogP contribution in [0.4, 0.5) is 17.1 Å². The first-order valence-corrected chi connectivity index (χ1v) is 6.78. The maximum absolute atomic E-state index is 10.9. The number of benzene rings is 2. The van der Waals surface area contributed by atoms with Crippen LogP contribution in [-0.2, 0) is 4.79 Å². The van der Waals surface area contributed by atoms with Gasteiger partial charge in [0, 0.05) is 12.6 Å². The van der Waals surface area contributed by atoms with Crippen LogP contribution in [0.1, 0.15) is 13.8 Å². The van der Waals surface area contributed by atoms with Crippen molar-refractivity contribution in [3.8, 4) is 0 Å². The summed E-state index contributed by atoms with van der Waals surface area (Å²) in [5.41, 5.74) is 5.19. The Bertz CT molecular complexity index is 677. The normalized spacial score (nSPS) is 11.5. The zero-order valence-electron chi connectivity index (χ0n) is 12.4. The molecule has 0 spiro atoms. The number of azo groups is 1. The quantitative estimate of drug-likeness (QED) is 0.384. The minimum atomic E-state index is -0.107. The van der Waals surface area contributed by atoms with Crippen LogP contribution in [0.2, 0.25) is 0 Å². The summed E-state index contributed by atoms with van der Waals surface area (Å²) in [6.45, 7) is 3.22. The lowest BCUT2D eigenvalue weighted by Crippen LogP contribution is -2.04. The number of nitrogens with zero attached hydrogens (tertiary/aromatic N) is 3. The second kappa shape index (κ2) is 7.68. The summed E-state index contributed by atoms with van der Waals surface area (Å²) in [5, 5.41) is 14.9. The fourth-order valence-electron chi connectivity index (χ4n) is 1.63. The maximum atomic E-state index is 10.9. The summed E-state index contributed by atoms with van der Waals surface area (Å²) in [4.78, 5) is 10.9. The molecule has 1 amide bonds. The van der Waals surface area contributed by atoms with Gasteiger partial charge in [-0.05, 0) is 43.3 Å². The molecule has 0 heterocycles. The Hall–Kier alpha value is -3.02. The van der Waals surface area contributed by atoms with E-state index < -0.39 is 0 Å². The summed E-state index contributed by atoms with van der Waals surface area (Å²) in [6, 6.07) is 16.7. The second-order valence-electron chi connectivity index (χ2n) is 4.56. The fraction of sp³-hybridized carbons (Fsp3) is 0.125. The summed E-state index contributed by atoms with van der Waals surface area (Å²) >= 11 is 0. The molecule has 2 N–H and O–H groups in total. The molecule has 0 radical (unpaired) electrons. The molecule has 22 heavy (non-hydrogen) atoms. The Labute approximate surface area is 129 Å². The van der Waals surface area contributed by atoms with Crippen LogP contribution in [-0.4, -0.2) is 11.7 Å². The molecule has 0 aromatic heterocycles. The molecule has 2 aromatic carbocycles. The van der Waals surface area contributed by atoms with E-state index in [1.165, 1.54) is 6.92 Å². The van der Waals surface area contributed by atoms with Crippen molar-refractivity contribution in [2.24, 2.45) is 15.3 Å². The van der Waals surface area contributed by atoms with Gasteiger partial charge in [0.05, 0.1) is 11.4 Å². The van der Waals surface area contributed by atoms with Gasteiger partial charge in [-0.1, -0.05) is 18.2 Å². The van der Waals surface area contributed by atoms with Gasteiger partial charge in [-0.25, -0.2) is 0 Å². The minimum Gasteiger partial charge on any atom is -0.326 e. The standard InChI is InChI=1S/C16H17N5O/c1-12(18-20-15-6-4-3-5-7-15)19-21-16-10-8-14(9-11-16)17-13(2)22/h3-11,20H,1-2H3,(H,17,22)/b18-12-,21-19?. The van der Waals surface area contributed by atoms with Gasteiger partial charge in [0.25, 0.3) is 0 Å². The Kier molecular flexibility index (Phi) is 5.37. The number of hydrogen-bond donors (Lipinski definition) is 2. The average Bonchev–Trinajstić information content (AvgIpc) is 2.53. The van der Waals surface area contributed by atoms with Crippen molar-refractivity contribution in [1.29, 1.82) is 0 Å². The molecule has 112 valence electrons. The lowest BCUT2D eigenvalue weighted by atomic mass is 10.3. The smallest absolute Gasteiger partial charge is 0.221 e. The van der Waals surface area contributed by atoms with Gasteiger partial charge >= 0.3 is 0 Å². The second-order valence-corrected chi connectivity index (χ2v) is 4.56. The van der Waals surface area contributed by atoms with E-state index >= 15 is 0 Å². The van der Waals surface area contributed by atoms with E-state index in [4.69, 9.17) is 0 Å². The highest BCUT2D eigenvalue weighted by Gasteiger charge is 1.96. The van der Waals surface area contributed by atoms with E-state index in [1.54, 1.807) is 31.2 Å². The summed E-state index contributed by atoms with van der Waals surface area (Å²) < 4.78 is 0. The van der Waals surface area contributed by atoms with Crippen LogP contribution in [0.15, 0.2) is 69.9 Å². The van der Waals surface area contributed by atoms with Crippen LogP contribution in [0.3, 0.4) is 0 Å². The van der Waals surface area contributed by atoms with Crippen LogP contribution in [0, 0.1) is 0 Å². The molecular weight excluding hydrogens is 278 g/mol. The number of hydrogen-bond acceptors (Lipinski definition) is 4. The zero-order valence-corrected chi connectivity index (χ0v) is 12.4. The molecule has 0 saturated carbocycles. The lowest BCUT2D eigenvalue weighted by Gasteiger charge is -2.01. The molecule has 2 rings (SSSR count). The third kappa shape index (κ3) is 5.16. The number of amides is 1. The molecule has 0 fully saturated rings. The Morgan fingerprint density at radius 2 is 1.59 bits per heavy atom. The van der Waals surface area contributed by atoms with Crippen LogP contribution < -0.4 is 10.7 Å². The number of nitrogens with one attached hydrogen (secondary N) is 2. The van der Waals surface area contributed by atoms with E-state index in [2.05, 4.69) is 26.1 Å². The first kappa shape index (κ1) is 15.4. The molecule has 2 aromatic rings. The molecule has 0 bridgehead atoms. The highest BCUT2D eigenvalue weighted by Crippen LogP contribution is 2.16. The maximum Gasteiger partial charge on any atom is 0.221 e. The zero-order chi connectivity index (χ0) is 15.8. The Morgan fingerprint density at radius 1 is 0.909 bits per heavy atom. The SMILES string of the molecule is CC(=O)Nc1ccc(N=N/C(C)=N\Nc2ccccc2)cc1. The number of amidine groups is 1. The van der Waals surface area contributed by atoms with Gasteiger partial charge in [-0.15, -0.1) is 10.2 Å². The Morgan fingerprint density at radius 3 is 2.23 bits per heavy atom. The topological polar surface area (TPSA) is 78.2 Å². The highest BCUT2D eigenvalue weighted by atomic mass is 16.1. The molecule has 0 unspecified atom stereocenters. The predicted molar refractivity (Wildman–Crippen MR) is 88.4 cm³/mol. The molecule has 0 saturated heterocycles. The van der Waals surface area contributed by atoms with Gasteiger partial charge in [0.15, 0.2) is 5.84 Å². The van der Waals surface area contributed by atoms with Crippen molar-refractivity contribution in [1.82, 2.24) is 0 Å². The molecular formula is C16H17N5O. The van der Waals surface area contributed by atoms with E-state index in [0.717, 1.165) is 11.4 Å². The monoisotopic (exact) mass is 295 g/mol. The van der Waals surface area contributed by atoms with E-state index in [9.17, 15) is 4.79 Å². The van der Waals surface area contributed by atoms with Crippen molar-refractivity contribution in [2.75, 3.05) is 10.7 Å². The van der Waals surface area contributed by atoms with Gasteiger partial charge in [0.2, 0.25) is 5.91 Å². The van der Waals surface area contributed by atoms with Crippen molar-refractivity contribution in [2.45, 2.75) is 13.8 Å². The molecule has 0 aliphatic carbocycles. The lowest BCUT2D eigenvalue weighted by molar-refractivity contribution is -0.114. The summed E-state index contributed by atoms with van der Waals surface area (Å²) in [7, 11) is 0. The number of rotatable bonds is 4. The predicted octanol–water partition coefficient (Wildman–Crippen LogP) is 4.17. The van der Waals surface area contributed by atoms with Crippen molar-refractivity contribution >= 4 is 28.8 Å². The van der Waals surface area contributed by atoms with Crippen LogP contribution >= 0.6 is 0 Å². The van der Waals surface area contributed by atoms with Crippen LogP contribution in [0.25, 0.3) is 0 Å². The number of para-hydroxylation sites is 1. The molecule has 6 heteroatoms. The van der Waals surface area contributed by atoms with Crippen LogP contribution in [0.5, 0.6) is 0 Å². The van der Waals surface area contributed by atoms with E-state index in [0.29, 0.717) is 11.5 Å². The third-order valence-electron chi connectivity index (χ3n) is 2.62. The Balaban J connectivity index is 1.94. The van der Waals surface area contributed by atoms with Gasteiger partial charge in [-0.2, -0.15) is 5.10 Å². The van der Waals surface area contributed by atoms with Gasteiger partial charge in [0.1, 0.15) is 0 Å². The first-order valence-electron chi connectivity index (χ1n) is 6.78. The summed E-state index contributed by atoms with van der Waals surface area (Å²) in [5.74, 6) is 0.402. The third-order valence-corrected chi connectivity index (χ3v) is 2.62. The summed E-state index contributed by atoms with van der Waals surface area (Å²) in [6.07, 6.45) is 0. The number of carbonyl (C=O) groups excluding carboxylic acids is 1. The molecule has 6 nitrogen and oxygen atoms in total. The van der Waals surface area contributed by atoms with Crippen molar-refractivity contribution in [3.63, 3.8) is 0 Å². The molecule has 0 aliphatic rings. The number of carbonyl (C=O) groups is 1. The van der Waals surface area contributed by atoms with Gasteiger partial charge < -0.3 is 5.32 Å². The number of hydrazone groups is 1. The van der Waals surface area contributed by atoms with Gasteiger partial charge in [-0.3, -0.25) is 10.2 Å². The van der Waals surface area contributed by atoms with E-state index in [1.807, 2.05) is 30.3 Å². The van der Waals surface area contributed by atoms with Crippen molar-refractivity contribution in [3.05, 3.63) is 54.6 Å². The largest absolute Gasteiger partial charge is 0.326 e. The molecule has 0 atom stereocenters. The number of anilines is 2. The first-order chi connectivity index (χ1) is 10.6. The van der Waals surface area contributed by atoms with E-state index in [-0.39, 0.29) is 5.91 Å². The average molecular weight is 295 g/mol. The minimum absolute atomic E-state index is 0.107. The fourth-order valence-corrected chi connectivity index (χ4v) is 1.63. The van der Waals surface area contributed by atoms with Crippen molar-refractivity contribution < 1.29 is 4.79 Å².